The fourth-order valence-corrected chi connectivity index (χ4v) is 15.2. The Morgan fingerprint density at radius 1 is 0.610 bits per heavy atom. The molecule has 438 valence electrons. The molecule has 4 saturated heterocycles. The Morgan fingerprint density at radius 2 is 1.13 bits per heavy atom. The third-order valence-corrected chi connectivity index (χ3v) is 19.4. The molecule has 1 aromatic carbocycles. The molecule has 29 atom stereocenters. The molecule has 1 aromatic rings. The predicted octanol–water partition coefficient (Wildman–Crippen LogP) is -2.43. The van der Waals surface area contributed by atoms with Gasteiger partial charge < -0.3 is 114 Å². The summed E-state index contributed by atoms with van der Waals surface area (Å²) in [5.74, 6) is 1.34. The SMILES string of the molecule is CCc1ccc(OC)cc1C1CC2C3CC=C4CC(OC5O[C@H](CO)[C@@H](O[C@@H]6O[C@H](CO)[C@@H](O)[C@H](O)[C@H]6O)[C@H](O)[C@H]5O)CCC4(C)C3CCC2(C)C1C(C)OC1O[C@H](CO)[C@@H](O[C@@H]2O[C@H](CO)[C@@H](O)[C@H](O)[C@H]2O)[C@H](O)[C@H]1O. The molecule has 0 amide bonds. The van der Waals surface area contributed by atoms with E-state index in [1.807, 2.05) is 13.0 Å². The van der Waals surface area contributed by atoms with Gasteiger partial charge in [0.15, 0.2) is 25.2 Å². The standard InChI is InChI=1S/C54H84O23/c1-6-23-7-9-25(69-5)16-28(23)29-17-31-27-10-8-24-15-26(71-50-46(68)42(64)48(35(21-58)75-50)77-52-44(66)40(62)38(60)33(19-56)73-52)11-13-53(24,3)30(27)12-14-54(31,4)36(29)22(2)70-49-45(67)41(63)47(34(20-57)74-49)76-51-43(65)39(61)37(59)32(18-55)72-51/h7-9,16,22,26-27,29-52,55-68H,6,10-15,17-21H2,1-5H3/t22?,26?,27?,29?,30?,31?,32-,33-,34-,35-,36?,37-,38-,39+,40+,41-,42-,43-,44-,45-,46-,47-,48-,49?,50?,51+,52+,53?,54?/m1/s1. The molecule has 4 heterocycles. The zero-order chi connectivity index (χ0) is 55.6. The van der Waals surface area contributed by atoms with Crippen molar-refractivity contribution < 1.29 is 114 Å². The minimum Gasteiger partial charge on any atom is -0.497 e. The normalized spacial score (nSPS) is 49.5. The fourth-order valence-electron chi connectivity index (χ4n) is 15.2. The van der Waals surface area contributed by atoms with Crippen LogP contribution in [0.1, 0.15) is 89.7 Å². The number of methoxy groups -OCH3 is 1. The molecule has 0 aromatic heterocycles. The first-order valence-electron chi connectivity index (χ1n) is 27.5. The summed E-state index contributed by atoms with van der Waals surface area (Å²) in [5.41, 5.74) is 3.06. The molecule has 23 heteroatoms. The average Bonchev–Trinajstić information content (AvgIpc) is 3.89. The van der Waals surface area contributed by atoms with E-state index >= 15 is 0 Å². The summed E-state index contributed by atoms with van der Waals surface area (Å²) in [6.07, 6.45) is -24.0. The van der Waals surface area contributed by atoms with Gasteiger partial charge in [-0.05, 0) is 122 Å². The number of ether oxygens (including phenoxy) is 9. The molecule has 8 aliphatic rings. The van der Waals surface area contributed by atoms with Gasteiger partial charge in [-0.2, -0.15) is 0 Å². The predicted molar refractivity (Wildman–Crippen MR) is 264 cm³/mol. The molecule has 11 unspecified atom stereocenters. The van der Waals surface area contributed by atoms with E-state index < -0.39 is 161 Å². The molecule has 0 bridgehead atoms. The van der Waals surface area contributed by atoms with Crippen molar-refractivity contribution in [3.8, 4) is 5.75 Å². The number of benzene rings is 1. The second-order valence-corrected chi connectivity index (χ2v) is 23.4. The van der Waals surface area contributed by atoms with Crippen molar-refractivity contribution in [3.05, 3.63) is 41.0 Å². The lowest BCUT2D eigenvalue weighted by molar-refractivity contribution is -0.364. The van der Waals surface area contributed by atoms with Crippen LogP contribution in [0.15, 0.2) is 29.8 Å². The Morgan fingerprint density at radius 3 is 1.68 bits per heavy atom. The van der Waals surface area contributed by atoms with E-state index in [9.17, 15) is 71.5 Å². The summed E-state index contributed by atoms with van der Waals surface area (Å²) in [7, 11) is 1.64. The molecule has 77 heavy (non-hydrogen) atoms. The Kier molecular flexibility index (Phi) is 18.5. The van der Waals surface area contributed by atoms with Crippen LogP contribution >= 0.6 is 0 Å². The van der Waals surface area contributed by atoms with Crippen LogP contribution in [0.5, 0.6) is 5.75 Å². The van der Waals surface area contributed by atoms with Crippen LogP contribution < -0.4 is 4.74 Å². The quantitative estimate of drug-likeness (QED) is 0.0765. The maximum absolute atomic E-state index is 11.7. The number of aliphatic hydroxyl groups excluding tert-OH is 14. The van der Waals surface area contributed by atoms with Gasteiger partial charge in [0.25, 0.3) is 0 Å². The Labute approximate surface area is 447 Å². The molecule has 9 rings (SSSR count). The van der Waals surface area contributed by atoms with E-state index in [1.165, 1.54) is 11.1 Å². The van der Waals surface area contributed by atoms with Gasteiger partial charge in [-0.3, -0.25) is 0 Å². The van der Waals surface area contributed by atoms with Crippen molar-refractivity contribution in [3.63, 3.8) is 0 Å². The van der Waals surface area contributed by atoms with Crippen LogP contribution in [0.25, 0.3) is 0 Å². The first-order valence-corrected chi connectivity index (χ1v) is 27.5. The van der Waals surface area contributed by atoms with Crippen LogP contribution in [0.4, 0.5) is 0 Å². The molecule has 23 nitrogen and oxygen atoms in total. The maximum atomic E-state index is 11.7. The number of hydrogen-bond donors (Lipinski definition) is 14. The van der Waals surface area contributed by atoms with Crippen molar-refractivity contribution in [1.29, 1.82) is 0 Å². The highest BCUT2D eigenvalue weighted by Crippen LogP contribution is 2.70. The fraction of sp³-hybridized carbons (Fsp3) is 0.852. The first-order chi connectivity index (χ1) is 36.7. The highest BCUT2D eigenvalue weighted by atomic mass is 16.8. The molecular weight excluding hydrogens is 1020 g/mol. The van der Waals surface area contributed by atoms with Gasteiger partial charge in [-0.25, -0.2) is 0 Å². The smallest absolute Gasteiger partial charge is 0.187 e. The Balaban J connectivity index is 0.910. The number of hydrogen-bond acceptors (Lipinski definition) is 23. The number of aliphatic hydroxyl groups is 14. The van der Waals surface area contributed by atoms with Crippen molar-refractivity contribution in [2.75, 3.05) is 33.5 Å². The minimum atomic E-state index is -1.80. The number of rotatable bonds is 16. The highest BCUT2D eigenvalue weighted by Gasteiger charge is 2.64. The highest BCUT2D eigenvalue weighted by molar-refractivity contribution is 5.40. The summed E-state index contributed by atoms with van der Waals surface area (Å²) in [6.45, 7) is 5.95. The lowest BCUT2D eigenvalue weighted by Gasteiger charge is -2.58. The third-order valence-electron chi connectivity index (χ3n) is 19.4. The number of fused-ring (bicyclic) bond motifs is 5. The largest absolute Gasteiger partial charge is 0.497 e. The lowest BCUT2D eigenvalue weighted by atomic mass is 9.47. The second kappa shape index (κ2) is 24.0. The van der Waals surface area contributed by atoms with Crippen molar-refractivity contribution in [2.24, 2.45) is 34.5 Å². The monoisotopic (exact) mass is 1100 g/mol. The molecule has 14 N–H and O–H groups in total. The van der Waals surface area contributed by atoms with E-state index in [0.29, 0.717) is 18.8 Å². The second-order valence-electron chi connectivity index (χ2n) is 23.4. The Hall–Kier alpha value is -2.12. The van der Waals surface area contributed by atoms with Crippen LogP contribution in [0.3, 0.4) is 0 Å². The van der Waals surface area contributed by atoms with Crippen LogP contribution in [0, 0.1) is 34.5 Å². The van der Waals surface area contributed by atoms with E-state index in [-0.39, 0.29) is 34.5 Å². The van der Waals surface area contributed by atoms with E-state index in [4.69, 9.17) is 42.6 Å². The van der Waals surface area contributed by atoms with Gasteiger partial charge in [-0.15, -0.1) is 0 Å². The van der Waals surface area contributed by atoms with Gasteiger partial charge in [0.2, 0.25) is 0 Å². The molecule has 7 fully saturated rings. The zero-order valence-corrected chi connectivity index (χ0v) is 44.3. The molecule has 3 saturated carbocycles. The molecule has 0 spiro atoms. The number of aryl methyl sites for hydroxylation is 1. The average molecular weight is 1100 g/mol. The van der Waals surface area contributed by atoms with Crippen LogP contribution in [-0.2, 0) is 44.3 Å². The minimum absolute atomic E-state index is 0.0325. The summed E-state index contributed by atoms with van der Waals surface area (Å²) >= 11 is 0. The maximum Gasteiger partial charge on any atom is 0.187 e. The third kappa shape index (κ3) is 10.8. The molecule has 4 aliphatic heterocycles. The summed E-state index contributed by atoms with van der Waals surface area (Å²) in [4.78, 5) is 0. The lowest BCUT2D eigenvalue weighted by Crippen LogP contribution is -2.65. The van der Waals surface area contributed by atoms with Gasteiger partial charge in [0, 0.05) is 0 Å². The summed E-state index contributed by atoms with van der Waals surface area (Å²) in [6, 6.07) is 6.18. The van der Waals surface area contributed by atoms with Crippen LogP contribution in [-0.4, -0.2) is 240 Å². The van der Waals surface area contributed by atoms with Gasteiger partial charge >= 0.3 is 0 Å². The zero-order valence-electron chi connectivity index (χ0n) is 44.3. The van der Waals surface area contributed by atoms with Gasteiger partial charge in [0.1, 0.15) is 103 Å². The Bertz CT molecular complexity index is 2150. The first kappa shape index (κ1) is 59.5. The number of allylic oxidation sites excluding steroid dienone is 1. The molecule has 0 radical (unpaired) electrons. The molecular formula is C54H84O23. The van der Waals surface area contributed by atoms with Gasteiger partial charge in [-0.1, -0.05) is 38.5 Å². The van der Waals surface area contributed by atoms with Gasteiger partial charge in [0.05, 0.1) is 45.7 Å². The topological polar surface area (TPSA) is 366 Å². The van der Waals surface area contributed by atoms with E-state index in [0.717, 1.165) is 49.8 Å². The summed E-state index contributed by atoms with van der Waals surface area (Å²) < 4.78 is 53.7. The molecule has 4 aliphatic carbocycles. The summed E-state index contributed by atoms with van der Waals surface area (Å²) in [5, 5.41) is 149. The van der Waals surface area contributed by atoms with Crippen molar-refractivity contribution in [2.45, 2.75) is 220 Å². The van der Waals surface area contributed by atoms with E-state index in [2.05, 4.69) is 39.0 Å². The van der Waals surface area contributed by atoms with Crippen molar-refractivity contribution >= 4 is 0 Å². The van der Waals surface area contributed by atoms with Crippen molar-refractivity contribution in [1.82, 2.24) is 0 Å². The van der Waals surface area contributed by atoms with E-state index in [1.54, 1.807) is 7.11 Å². The van der Waals surface area contributed by atoms with Crippen LogP contribution in [0.2, 0.25) is 0 Å².